The van der Waals surface area contributed by atoms with Crippen LogP contribution in [0.1, 0.15) is 23.0 Å². The smallest absolute Gasteiger partial charge is 0.271 e. The van der Waals surface area contributed by atoms with E-state index in [-0.39, 0.29) is 5.91 Å². The molecule has 0 aromatic carbocycles. The largest absolute Gasteiger partial charge is 0.382 e. The number of aromatic amines is 1. The average molecular weight is 248 g/mol. The number of H-pyrrole nitrogens is 1. The number of nitrogen functional groups attached to an aromatic ring is 1. The van der Waals surface area contributed by atoms with Gasteiger partial charge in [-0.25, -0.2) is 0 Å². The Hall–Kier alpha value is -2.31. The summed E-state index contributed by atoms with van der Waals surface area (Å²) in [6.07, 6.45) is 3.68. The molecule has 18 heavy (non-hydrogen) atoms. The predicted octanol–water partition coefficient (Wildman–Crippen LogP) is 0.480. The van der Waals surface area contributed by atoms with Crippen LogP contribution in [0.2, 0.25) is 0 Å². The van der Waals surface area contributed by atoms with Gasteiger partial charge in [0.1, 0.15) is 11.5 Å². The van der Waals surface area contributed by atoms with E-state index >= 15 is 0 Å². The Morgan fingerprint density at radius 2 is 2.39 bits per heavy atom. The van der Waals surface area contributed by atoms with Gasteiger partial charge in [0, 0.05) is 38.0 Å². The van der Waals surface area contributed by atoms with Crippen molar-refractivity contribution in [1.82, 2.24) is 24.9 Å². The lowest BCUT2D eigenvalue weighted by molar-refractivity contribution is 0.0779. The number of amides is 1. The normalized spacial score (nSPS) is 10.6. The first-order valence-corrected chi connectivity index (χ1v) is 5.68. The molecule has 0 aliphatic heterocycles. The summed E-state index contributed by atoms with van der Waals surface area (Å²) in [4.78, 5) is 13.6. The number of nitrogens with zero attached hydrogens (tertiary/aromatic N) is 4. The summed E-state index contributed by atoms with van der Waals surface area (Å²) in [6, 6.07) is 1.52. The molecule has 0 radical (unpaired) electrons. The van der Waals surface area contributed by atoms with Gasteiger partial charge in [-0.3, -0.25) is 14.6 Å². The quantitative estimate of drug-likeness (QED) is 0.823. The van der Waals surface area contributed by atoms with Gasteiger partial charge in [-0.1, -0.05) is 0 Å². The molecule has 3 N–H and O–H groups in total. The van der Waals surface area contributed by atoms with Crippen LogP contribution in [0.4, 0.5) is 5.82 Å². The Morgan fingerprint density at radius 3 is 2.94 bits per heavy atom. The number of rotatable bonds is 4. The highest BCUT2D eigenvalue weighted by Gasteiger charge is 2.14. The van der Waals surface area contributed by atoms with Crippen LogP contribution in [-0.2, 0) is 13.1 Å². The molecule has 1 amide bonds. The van der Waals surface area contributed by atoms with Gasteiger partial charge in [-0.15, -0.1) is 0 Å². The number of nitrogens with one attached hydrogen (secondary N) is 1. The fraction of sp³-hybridized carbons (Fsp3) is 0.364. The van der Waals surface area contributed by atoms with E-state index in [9.17, 15) is 4.79 Å². The summed E-state index contributed by atoms with van der Waals surface area (Å²) >= 11 is 0. The minimum atomic E-state index is -0.150. The van der Waals surface area contributed by atoms with Gasteiger partial charge >= 0.3 is 0 Å². The standard InChI is InChI=1S/C11H16N6O/c1-3-17-7-8(5-13-17)6-16(2)11(18)9-4-10(12)15-14-9/h4-5,7H,3,6H2,1-2H3,(H3,12,14,15). The molecule has 2 rings (SSSR count). The Morgan fingerprint density at radius 1 is 1.61 bits per heavy atom. The number of carbonyl (C=O) groups excluding carboxylic acids is 1. The molecule has 2 aromatic rings. The summed E-state index contributed by atoms with van der Waals surface area (Å²) in [7, 11) is 1.72. The minimum Gasteiger partial charge on any atom is -0.382 e. The van der Waals surface area contributed by atoms with Crippen molar-refractivity contribution in [3.05, 3.63) is 29.7 Å². The molecule has 0 unspecified atom stereocenters. The van der Waals surface area contributed by atoms with E-state index in [2.05, 4.69) is 15.3 Å². The topological polar surface area (TPSA) is 92.8 Å². The summed E-state index contributed by atoms with van der Waals surface area (Å²) < 4.78 is 1.82. The second-order valence-electron chi connectivity index (χ2n) is 4.07. The maximum absolute atomic E-state index is 12.0. The molecule has 7 nitrogen and oxygen atoms in total. The fourth-order valence-electron chi connectivity index (χ4n) is 1.66. The molecule has 0 fully saturated rings. The summed E-state index contributed by atoms with van der Waals surface area (Å²) in [5, 5.41) is 10.5. The van der Waals surface area contributed by atoms with Crippen molar-refractivity contribution >= 4 is 11.7 Å². The van der Waals surface area contributed by atoms with Gasteiger partial charge in [0.2, 0.25) is 0 Å². The third kappa shape index (κ3) is 2.50. The first-order chi connectivity index (χ1) is 8.60. The lowest BCUT2D eigenvalue weighted by Gasteiger charge is -2.14. The maximum atomic E-state index is 12.0. The molecule has 0 atom stereocenters. The zero-order valence-electron chi connectivity index (χ0n) is 10.4. The number of nitrogens with two attached hydrogens (primary N) is 1. The molecular weight excluding hydrogens is 232 g/mol. The first kappa shape index (κ1) is 12.2. The highest BCUT2D eigenvalue weighted by atomic mass is 16.2. The van der Waals surface area contributed by atoms with Gasteiger partial charge in [0.05, 0.1) is 6.20 Å². The van der Waals surface area contributed by atoms with Crippen molar-refractivity contribution in [2.75, 3.05) is 12.8 Å². The van der Waals surface area contributed by atoms with Gasteiger partial charge in [-0.05, 0) is 6.92 Å². The monoisotopic (exact) mass is 248 g/mol. The molecule has 7 heteroatoms. The van der Waals surface area contributed by atoms with E-state index in [0.717, 1.165) is 12.1 Å². The molecule has 0 saturated heterocycles. The third-order valence-corrected chi connectivity index (χ3v) is 2.61. The van der Waals surface area contributed by atoms with Crippen molar-refractivity contribution in [3.63, 3.8) is 0 Å². The number of anilines is 1. The number of aromatic nitrogens is 4. The van der Waals surface area contributed by atoms with Crippen LogP contribution in [-0.4, -0.2) is 37.8 Å². The first-order valence-electron chi connectivity index (χ1n) is 5.68. The molecule has 0 spiro atoms. The van der Waals surface area contributed by atoms with Crippen LogP contribution >= 0.6 is 0 Å². The number of hydrogen-bond donors (Lipinski definition) is 2. The molecule has 96 valence electrons. The van der Waals surface area contributed by atoms with E-state index < -0.39 is 0 Å². The predicted molar refractivity (Wildman–Crippen MR) is 66.7 cm³/mol. The molecular formula is C11H16N6O. The second kappa shape index (κ2) is 4.91. The highest BCUT2D eigenvalue weighted by Crippen LogP contribution is 2.08. The van der Waals surface area contributed by atoms with Crippen LogP contribution in [0.3, 0.4) is 0 Å². The summed E-state index contributed by atoms with van der Waals surface area (Å²) in [5.41, 5.74) is 6.84. The molecule has 2 heterocycles. The summed E-state index contributed by atoms with van der Waals surface area (Å²) in [6.45, 7) is 3.32. The van der Waals surface area contributed by atoms with Crippen LogP contribution in [0.5, 0.6) is 0 Å². The minimum absolute atomic E-state index is 0.150. The van der Waals surface area contributed by atoms with Crippen LogP contribution < -0.4 is 5.73 Å². The number of hydrogen-bond acceptors (Lipinski definition) is 4. The Labute approximate surface area is 105 Å². The zero-order chi connectivity index (χ0) is 13.1. The van der Waals surface area contributed by atoms with Crippen molar-refractivity contribution < 1.29 is 4.79 Å². The Bertz CT molecular complexity index is 543. The van der Waals surface area contributed by atoms with Crippen LogP contribution in [0.25, 0.3) is 0 Å². The fourth-order valence-corrected chi connectivity index (χ4v) is 1.66. The zero-order valence-corrected chi connectivity index (χ0v) is 10.4. The van der Waals surface area contributed by atoms with Crippen LogP contribution in [0.15, 0.2) is 18.5 Å². The van der Waals surface area contributed by atoms with Crippen molar-refractivity contribution in [3.8, 4) is 0 Å². The van der Waals surface area contributed by atoms with E-state index in [4.69, 9.17) is 5.73 Å². The van der Waals surface area contributed by atoms with Crippen LogP contribution in [0, 0.1) is 0 Å². The van der Waals surface area contributed by atoms with E-state index in [1.54, 1.807) is 18.1 Å². The van der Waals surface area contributed by atoms with Crippen molar-refractivity contribution in [1.29, 1.82) is 0 Å². The van der Waals surface area contributed by atoms with Crippen molar-refractivity contribution in [2.45, 2.75) is 20.0 Å². The maximum Gasteiger partial charge on any atom is 0.271 e. The molecule has 0 aliphatic rings. The second-order valence-corrected chi connectivity index (χ2v) is 4.07. The van der Waals surface area contributed by atoms with Gasteiger partial charge in [-0.2, -0.15) is 10.2 Å². The lowest BCUT2D eigenvalue weighted by Crippen LogP contribution is -2.26. The average Bonchev–Trinajstić information content (AvgIpc) is 2.97. The molecule has 2 aromatic heterocycles. The van der Waals surface area contributed by atoms with Gasteiger partial charge in [0.15, 0.2) is 0 Å². The number of aryl methyl sites for hydroxylation is 1. The Balaban J connectivity index is 2.03. The van der Waals surface area contributed by atoms with Gasteiger partial charge < -0.3 is 10.6 Å². The SMILES string of the molecule is CCn1cc(CN(C)C(=O)c2cc(N)n[nH]2)cn1. The third-order valence-electron chi connectivity index (χ3n) is 2.61. The lowest BCUT2D eigenvalue weighted by atomic mass is 10.3. The molecule has 0 bridgehead atoms. The van der Waals surface area contributed by atoms with E-state index in [1.807, 2.05) is 17.8 Å². The molecule has 0 aliphatic carbocycles. The molecule has 0 saturated carbocycles. The van der Waals surface area contributed by atoms with Crippen molar-refractivity contribution in [2.24, 2.45) is 0 Å². The van der Waals surface area contributed by atoms with E-state index in [0.29, 0.717) is 18.1 Å². The van der Waals surface area contributed by atoms with Gasteiger partial charge in [0.25, 0.3) is 5.91 Å². The Kier molecular flexibility index (Phi) is 3.31. The van der Waals surface area contributed by atoms with E-state index in [1.165, 1.54) is 6.07 Å². The summed E-state index contributed by atoms with van der Waals surface area (Å²) in [5.74, 6) is 0.161. The number of carbonyl (C=O) groups is 1. The highest BCUT2D eigenvalue weighted by molar-refractivity contribution is 5.92.